The van der Waals surface area contributed by atoms with Gasteiger partial charge in [-0.05, 0) is 49.6 Å². The Hall–Kier alpha value is -2.89. The number of hydrogen-bond acceptors (Lipinski definition) is 2. The summed E-state index contributed by atoms with van der Waals surface area (Å²) in [5.74, 6) is -0.851. The van der Waals surface area contributed by atoms with Gasteiger partial charge in [0.05, 0.1) is 5.92 Å². The van der Waals surface area contributed by atoms with E-state index in [1.54, 1.807) is 24.0 Å². The molecule has 5 nitrogen and oxygen atoms in total. The monoisotopic (exact) mass is 355 g/mol. The number of amides is 3. The third-order valence-electron chi connectivity index (χ3n) is 4.54. The van der Waals surface area contributed by atoms with Gasteiger partial charge in [-0.15, -0.1) is 0 Å². The van der Waals surface area contributed by atoms with Gasteiger partial charge >= 0.3 is 6.03 Å². The molecule has 0 radical (unpaired) electrons. The van der Waals surface area contributed by atoms with E-state index in [9.17, 15) is 14.0 Å². The van der Waals surface area contributed by atoms with Crippen molar-refractivity contribution in [2.45, 2.75) is 19.8 Å². The Morgan fingerprint density at radius 1 is 1.08 bits per heavy atom. The highest BCUT2D eigenvalue weighted by Gasteiger charge is 2.28. The van der Waals surface area contributed by atoms with E-state index >= 15 is 0 Å². The molecule has 0 unspecified atom stereocenters. The number of nitrogens with zero attached hydrogens (tertiary/aromatic N) is 1. The molecule has 136 valence electrons. The second kappa shape index (κ2) is 7.99. The number of piperidine rings is 1. The van der Waals surface area contributed by atoms with Crippen molar-refractivity contribution in [2.75, 3.05) is 23.7 Å². The predicted molar refractivity (Wildman–Crippen MR) is 99.5 cm³/mol. The number of likely N-dealkylation sites (tertiary alicyclic amines) is 1. The van der Waals surface area contributed by atoms with Crippen molar-refractivity contribution in [3.05, 3.63) is 59.9 Å². The molecule has 0 aromatic heterocycles. The molecule has 1 aliphatic rings. The van der Waals surface area contributed by atoms with Crippen molar-refractivity contribution in [2.24, 2.45) is 5.92 Å². The maximum Gasteiger partial charge on any atom is 0.321 e. The lowest BCUT2D eigenvalue weighted by Crippen LogP contribution is -2.45. The Morgan fingerprint density at radius 3 is 2.58 bits per heavy atom. The number of benzene rings is 2. The number of halogens is 1. The maximum absolute atomic E-state index is 13.6. The Bertz CT molecular complexity index is 795. The fourth-order valence-electron chi connectivity index (χ4n) is 3.01. The number of anilines is 2. The highest BCUT2D eigenvalue weighted by atomic mass is 19.1. The van der Waals surface area contributed by atoms with Crippen LogP contribution >= 0.6 is 0 Å². The van der Waals surface area contributed by atoms with E-state index in [-0.39, 0.29) is 23.7 Å². The number of nitrogens with one attached hydrogen (secondary N) is 2. The van der Waals surface area contributed by atoms with Crippen LogP contribution in [0.2, 0.25) is 0 Å². The first-order valence-corrected chi connectivity index (χ1v) is 8.71. The Morgan fingerprint density at radius 2 is 1.85 bits per heavy atom. The fraction of sp³-hybridized carbons (Fsp3) is 0.300. The molecule has 3 amide bonds. The molecule has 0 bridgehead atoms. The molecule has 1 fully saturated rings. The zero-order chi connectivity index (χ0) is 18.5. The summed E-state index contributed by atoms with van der Waals surface area (Å²) in [5, 5.41) is 5.59. The topological polar surface area (TPSA) is 61.4 Å². The summed E-state index contributed by atoms with van der Waals surface area (Å²) >= 11 is 0. The molecule has 3 rings (SSSR count). The van der Waals surface area contributed by atoms with E-state index in [4.69, 9.17) is 0 Å². The van der Waals surface area contributed by atoms with Crippen LogP contribution in [0.5, 0.6) is 0 Å². The molecule has 2 aromatic rings. The molecule has 1 aliphatic heterocycles. The third kappa shape index (κ3) is 4.39. The van der Waals surface area contributed by atoms with Gasteiger partial charge in [-0.2, -0.15) is 0 Å². The average molecular weight is 355 g/mol. The summed E-state index contributed by atoms with van der Waals surface area (Å²) in [7, 11) is 0. The molecule has 0 spiro atoms. The van der Waals surface area contributed by atoms with Gasteiger partial charge in [0.1, 0.15) is 5.82 Å². The maximum atomic E-state index is 13.6. The first-order chi connectivity index (χ1) is 12.5. The molecule has 6 heteroatoms. The SMILES string of the molecule is Cc1ccc(NC(=O)[C@H]2CCCN(C(=O)Nc3ccccc3)C2)cc1F. The van der Waals surface area contributed by atoms with Gasteiger partial charge in [-0.25, -0.2) is 9.18 Å². The number of hydrogen-bond donors (Lipinski definition) is 2. The van der Waals surface area contributed by atoms with Crippen molar-refractivity contribution >= 4 is 23.3 Å². The van der Waals surface area contributed by atoms with Gasteiger partial charge < -0.3 is 15.5 Å². The number of rotatable bonds is 3. The molecule has 2 aromatic carbocycles. The largest absolute Gasteiger partial charge is 0.326 e. The van der Waals surface area contributed by atoms with Crippen LogP contribution < -0.4 is 10.6 Å². The zero-order valence-electron chi connectivity index (χ0n) is 14.7. The molecule has 1 heterocycles. The van der Waals surface area contributed by atoms with E-state index in [0.717, 1.165) is 12.1 Å². The van der Waals surface area contributed by atoms with Gasteiger partial charge in [0, 0.05) is 24.5 Å². The molecule has 2 N–H and O–H groups in total. The van der Waals surface area contributed by atoms with Crippen molar-refractivity contribution in [1.29, 1.82) is 0 Å². The number of para-hydroxylation sites is 1. The Balaban J connectivity index is 1.59. The molecule has 26 heavy (non-hydrogen) atoms. The van der Waals surface area contributed by atoms with Gasteiger partial charge in [0.25, 0.3) is 0 Å². The zero-order valence-corrected chi connectivity index (χ0v) is 14.7. The van der Waals surface area contributed by atoms with Gasteiger partial charge in [0.15, 0.2) is 0 Å². The first kappa shape index (κ1) is 17.9. The van der Waals surface area contributed by atoms with E-state index in [1.165, 1.54) is 6.07 Å². The van der Waals surface area contributed by atoms with Gasteiger partial charge in [-0.1, -0.05) is 24.3 Å². The Labute approximate surface area is 152 Å². The summed E-state index contributed by atoms with van der Waals surface area (Å²) in [6.45, 7) is 2.63. The highest BCUT2D eigenvalue weighted by Crippen LogP contribution is 2.21. The second-order valence-electron chi connectivity index (χ2n) is 6.53. The lowest BCUT2D eigenvalue weighted by molar-refractivity contribution is -0.121. The molecule has 1 saturated heterocycles. The molecule has 0 saturated carbocycles. The number of aryl methyl sites for hydroxylation is 1. The second-order valence-corrected chi connectivity index (χ2v) is 6.53. The predicted octanol–water partition coefficient (Wildman–Crippen LogP) is 4.02. The summed E-state index contributed by atoms with van der Waals surface area (Å²) in [5.41, 5.74) is 1.69. The van der Waals surface area contributed by atoms with E-state index < -0.39 is 0 Å². The molecule has 0 aliphatic carbocycles. The molecular formula is C20H22FN3O2. The van der Waals surface area contributed by atoms with Gasteiger partial charge in [-0.3, -0.25) is 4.79 Å². The summed E-state index contributed by atoms with van der Waals surface area (Å²) in [4.78, 5) is 26.6. The highest BCUT2D eigenvalue weighted by molar-refractivity contribution is 5.94. The van der Waals surface area contributed by atoms with E-state index in [1.807, 2.05) is 30.3 Å². The molecular weight excluding hydrogens is 333 g/mol. The van der Waals surface area contributed by atoms with E-state index in [2.05, 4.69) is 10.6 Å². The van der Waals surface area contributed by atoms with Crippen LogP contribution in [0, 0.1) is 18.7 Å². The van der Waals surface area contributed by atoms with Crippen molar-refractivity contribution in [1.82, 2.24) is 4.90 Å². The standard InChI is InChI=1S/C20H22FN3O2/c1-14-9-10-17(12-18(14)21)22-19(25)15-6-5-11-24(13-15)20(26)23-16-7-3-2-4-8-16/h2-4,7-10,12,15H,5-6,11,13H2,1H3,(H,22,25)(H,23,26)/t15-/m0/s1. The van der Waals surface area contributed by atoms with Crippen LogP contribution in [-0.2, 0) is 4.79 Å². The minimum Gasteiger partial charge on any atom is -0.326 e. The van der Waals surface area contributed by atoms with Crippen molar-refractivity contribution in [3.8, 4) is 0 Å². The number of carbonyl (C=O) groups is 2. The van der Waals surface area contributed by atoms with Gasteiger partial charge in [0.2, 0.25) is 5.91 Å². The van der Waals surface area contributed by atoms with Crippen LogP contribution in [0.3, 0.4) is 0 Å². The normalized spacial score (nSPS) is 16.8. The van der Waals surface area contributed by atoms with Crippen LogP contribution in [0.15, 0.2) is 48.5 Å². The lowest BCUT2D eigenvalue weighted by Gasteiger charge is -2.32. The molecule has 1 atom stereocenters. The summed E-state index contributed by atoms with van der Waals surface area (Å²) in [6, 6.07) is 13.6. The number of carbonyl (C=O) groups excluding carboxylic acids is 2. The van der Waals surface area contributed by atoms with Crippen LogP contribution in [0.1, 0.15) is 18.4 Å². The first-order valence-electron chi connectivity index (χ1n) is 8.71. The van der Waals surface area contributed by atoms with Crippen LogP contribution in [-0.4, -0.2) is 29.9 Å². The smallest absolute Gasteiger partial charge is 0.321 e. The van der Waals surface area contributed by atoms with Crippen molar-refractivity contribution in [3.63, 3.8) is 0 Å². The Kier molecular flexibility index (Phi) is 5.51. The van der Waals surface area contributed by atoms with E-state index in [0.29, 0.717) is 30.8 Å². The van der Waals surface area contributed by atoms with Crippen molar-refractivity contribution < 1.29 is 14.0 Å². The van der Waals surface area contributed by atoms with Crippen LogP contribution in [0.25, 0.3) is 0 Å². The average Bonchev–Trinajstić information content (AvgIpc) is 2.65. The fourth-order valence-corrected chi connectivity index (χ4v) is 3.01. The minimum absolute atomic E-state index is 0.189. The minimum atomic E-state index is -0.352. The summed E-state index contributed by atoms with van der Waals surface area (Å²) < 4.78 is 13.6. The quantitative estimate of drug-likeness (QED) is 0.874. The summed E-state index contributed by atoms with van der Waals surface area (Å²) in [6.07, 6.45) is 1.46. The third-order valence-corrected chi connectivity index (χ3v) is 4.54. The lowest BCUT2D eigenvalue weighted by atomic mass is 9.97. The number of urea groups is 1. The van der Waals surface area contributed by atoms with Crippen LogP contribution in [0.4, 0.5) is 20.6 Å².